The van der Waals surface area contributed by atoms with Gasteiger partial charge in [-0.1, -0.05) is 30.3 Å². The number of hydrogen-bond acceptors (Lipinski definition) is 4. The summed E-state index contributed by atoms with van der Waals surface area (Å²) in [6.45, 7) is 0. The van der Waals surface area contributed by atoms with Gasteiger partial charge in [0.05, 0.1) is 11.8 Å². The molecule has 0 aliphatic heterocycles. The average Bonchev–Trinajstić information content (AvgIpc) is 3.13. The van der Waals surface area contributed by atoms with E-state index < -0.39 is 33.4 Å². The number of sulfonamides is 1. The molecule has 7 nitrogen and oxygen atoms in total. The van der Waals surface area contributed by atoms with Crippen molar-refractivity contribution in [1.29, 1.82) is 0 Å². The molecular formula is C23H17F3N2O5S. The Morgan fingerprint density at radius 2 is 1.68 bits per heavy atom. The Balaban J connectivity index is 1.92. The van der Waals surface area contributed by atoms with E-state index in [1.165, 1.54) is 18.2 Å². The maximum atomic E-state index is 13.8. The molecule has 0 amide bonds. The molecule has 0 aliphatic rings. The van der Waals surface area contributed by atoms with Crippen LogP contribution in [0.5, 0.6) is 11.5 Å². The number of carboxylic acids is 1. The molecule has 0 bridgehead atoms. The minimum absolute atomic E-state index is 0.0431. The van der Waals surface area contributed by atoms with Gasteiger partial charge in [0.2, 0.25) is 10.0 Å². The van der Waals surface area contributed by atoms with E-state index in [2.05, 4.69) is 9.71 Å². The standard InChI is InChI=1S/C23H17F3N2O5S/c1-34(31,32)28-14-9-7-13(8-10-14)16-11-18-17(12-19(16)33-15-5-3-2-4-6-15)20(23(24,25)26)21(27-18)22(29)30/h2-12,27-28H,1H3,(H,29,30). The number of fused-ring (bicyclic) bond motifs is 1. The molecule has 34 heavy (non-hydrogen) atoms. The second-order valence-electron chi connectivity index (χ2n) is 7.44. The highest BCUT2D eigenvalue weighted by Gasteiger charge is 2.39. The van der Waals surface area contributed by atoms with E-state index in [4.69, 9.17) is 4.74 Å². The first-order valence-corrected chi connectivity index (χ1v) is 11.6. The Kier molecular flexibility index (Phi) is 5.74. The van der Waals surface area contributed by atoms with Gasteiger partial charge in [-0.3, -0.25) is 4.72 Å². The number of aromatic nitrogens is 1. The highest BCUT2D eigenvalue weighted by Crippen LogP contribution is 2.43. The van der Waals surface area contributed by atoms with Gasteiger partial charge in [0, 0.05) is 22.2 Å². The zero-order chi connectivity index (χ0) is 24.7. The van der Waals surface area contributed by atoms with Crippen LogP contribution in [0.4, 0.5) is 18.9 Å². The molecular weight excluding hydrogens is 473 g/mol. The zero-order valence-corrected chi connectivity index (χ0v) is 18.3. The third-order valence-electron chi connectivity index (χ3n) is 4.87. The van der Waals surface area contributed by atoms with Crippen LogP contribution in [0.1, 0.15) is 16.1 Å². The molecule has 1 heterocycles. The topological polar surface area (TPSA) is 108 Å². The zero-order valence-electron chi connectivity index (χ0n) is 17.5. The molecule has 0 atom stereocenters. The Morgan fingerprint density at radius 3 is 2.24 bits per heavy atom. The van der Waals surface area contributed by atoms with Gasteiger partial charge in [-0.15, -0.1) is 0 Å². The van der Waals surface area contributed by atoms with E-state index in [1.807, 2.05) is 0 Å². The molecule has 0 saturated heterocycles. The third kappa shape index (κ3) is 4.84. The van der Waals surface area contributed by atoms with Crippen LogP contribution in [0.3, 0.4) is 0 Å². The Bertz CT molecular complexity index is 1480. The van der Waals surface area contributed by atoms with Crippen LogP contribution >= 0.6 is 0 Å². The number of hydrogen-bond donors (Lipinski definition) is 3. The van der Waals surface area contributed by atoms with Gasteiger partial charge >= 0.3 is 12.1 Å². The summed E-state index contributed by atoms with van der Waals surface area (Å²) in [5.41, 5.74) is -1.14. The maximum Gasteiger partial charge on any atom is 0.419 e. The largest absolute Gasteiger partial charge is 0.477 e. The van der Waals surface area contributed by atoms with Gasteiger partial charge in [-0.2, -0.15) is 13.2 Å². The lowest BCUT2D eigenvalue weighted by molar-refractivity contribution is -0.136. The van der Waals surface area contributed by atoms with Crippen LogP contribution in [-0.2, 0) is 16.2 Å². The van der Waals surface area contributed by atoms with Crippen molar-refractivity contribution in [3.05, 3.63) is 78.0 Å². The highest BCUT2D eigenvalue weighted by atomic mass is 32.2. The number of benzene rings is 3. The lowest BCUT2D eigenvalue weighted by atomic mass is 10.0. The maximum absolute atomic E-state index is 13.8. The number of ether oxygens (including phenoxy) is 1. The molecule has 4 aromatic rings. The fourth-order valence-electron chi connectivity index (χ4n) is 3.53. The first-order chi connectivity index (χ1) is 15.9. The van der Waals surface area contributed by atoms with E-state index in [-0.39, 0.29) is 16.7 Å². The van der Waals surface area contributed by atoms with Crippen molar-refractivity contribution in [3.8, 4) is 22.6 Å². The number of halogens is 3. The molecule has 1 aromatic heterocycles. The van der Waals surface area contributed by atoms with E-state index in [1.54, 1.807) is 42.5 Å². The molecule has 0 aliphatic carbocycles. The third-order valence-corrected chi connectivity index (χ3v) is 5.47. The monoisotopic (exact) mass is 490 g/mol. The molecule has 0 radical (unpaired) electrons. The fourth-order valence-corrected chi connectivity index (χ4v) is 4.10. The second kappa shape index (κ2) is 8.41. The minimum Gasteiger partial charge on any atom is -0.477 e. The molecule has 0 spiro atoms. The number of aromatic amines is 1. The first-order valence-electron chi connectivity index (χ1n) is 9.74. The number of carboxylic acid groups (broad SMARTS) is 1. The van der Waals surface area contributed by atoms with E-state index in [0.717, 1.165) is 12.3 Å². The molecule has 11 heteroatoms. The molecule has 4 rings (SSSR count). The number of rotatable bonds is 6. The van der Waals surface area contributed by atoms with Crippen LogP contribution < -0.4 is 9.46 Å². The van der Waals surface area contributed by atoms with Crippen LogP contribution in [0, 0.1) is 0 Å². The van der Waals surface area contributed by atoms with Gasteiger partial charge in [0.15, 0.2) is 0 Å². The summed E-state index contributed by atoms with van der Waals surface area (Å²) in [6.07, 6.45) is -3.92. The van der Waals surface area contributed by atoms with Gasteiger partial charge in [-0.25, -0.2) is 13.2 Å². The molecule has 3 aromatic carbocycles. The minimum atomic E-state index is -4.92. The van der Waals surface area contributed by atoms with E-state index >= 15 is 0 Å². The molecule has 176 valence electrons. The number of aromatic carboxylic acids is 1. The second-order valence-corrected chi connectivity index (χ2v) is 9.19. The van der Waals surface area contributed by atoms with Gasteiger partial charge in [-0.05, 0) is 42.0 Å². The molecule has 0 unspecified atom stereocenters. The lowest BCUT2D eigenvalue weighted by Gasteiger charge is -2.14. The number of H-pyrrole nitrogens is 1. The van der Waals surface area contributed by atoms with Crippen molar-refractivity contribution in [2.45, 2.75) is 6.18 Å². The summed E-state index contributed by atoms with van der Waals surface area (Å²) in [5.74, 6) is -1.32. The SMILES string of the molecule is CS(=O)(=O)Nc1ccc(-c2cc3[nH]c(C(=O)O)c(C(F)(F)F)c3cc2Oc2ccccc2)cc1. The summed E-state index contributed by atoms with van der Waals surface area (Å²) in [6, 6.07) is 17.0. The number of alkyl halides is 3. The summed E-state index contributed by atoms with van der Waals surface area (Å²) < 4.78 is 72.4. The number of para-hydroxylation sites is 1. The van der Waals surface area contributed by atoms with Crippen LogP contribution in [0.15, 0.2) is 66.7 Å². The summed E-state index contributed by atoms with van der Waals surface area (Å²) in [7, 11) is -3.50. The van der Waals surface area contributed by atoms with E-state index in [0.29, 0.717) is 22.6 Å². The van der Waals surface area contributed by atoms with Crippen LogP contribution in [0.25, 0.3) is 22.0 Å². The quantitative estimate of drug-likeness (QED) is 0.321. The van der Waals surface area contributed by atoms with E-state index in [9.17, 15) is 31.5 Å². The Hall–Kier alpha value is -3.99. The van der Waals surface area contributed by atoms with Crippen molar-refractivity contribution in [2.24, 2.45) is 0 Å². The smallest absolute Gasteiger partial charge is 0.419 e. The normalized spacial score (nSPS) is 12.0. The molecule has 3 N–H and O–H groups in total. The summed E-state index contributed by atoms with van der Waals surface area (Å²) >= 11 is 0. The van der Waals surface area contributed by atoms with Gasteiger partial charge in [0.25, 0.3) is 0 Å². The van der Waals surface area contributed by atoms with Crippen molar-refractivity contribution in [3.63, 3.8) is 0 Å². The Morgan fingerprint density at radius 1 is 1.03 bits per heavy atom. The number of nitrogens with one attached hydrogen (secondary N) is 2. The van der Waals surface area contributed by atoms with Gasteiger partial charge < -0.3 is 14.8 Å². The highest BCUT2D eigenvalue weighted by molar-refractivity contribution is 7.92. The molecule has 0 saturated carbocycles. The summed E-state index contributed by atoms with van der Waals surface area (Å²) in [4.78, 5) is 13.8. The summed E-state index contributed by atoms with van der Waals surface area (Å²) in [5, 5.41) is 8.97. The van der Waals surface area contributed by atoms with Crippen molar-refractivity contribution in [1.82, 2.24) is 4.98 Å². The average molecular weight is 490 g/mol. The fraction of sp³-hybridized carbons (Fsp3) is 0.0870. The Labute approximate surface area is 191 Å². The molecule has 0 fully saturated rings. The predicted octanol–water partition coefficient (Wildman–Crippen LogP) is 5.72. The first kappa shape index (κ1) is 23.2. The van der Waals surface area contributed by atoms with Crippen molar-refractivity contribution >= 4 is 32.6 Å². The van der Waals surface area contributed by atoms with Crippen LogP contribution in [0.2, 0.25) is 0 Å². The van der Waals surface area contributed by atoms with Crippen molar-refractivity contribution in [2.75, 3.05) is 11.0 Å². The van der Waals surface area contributed by atoms with Crippen LogP contribution in [-0.4, -0.2) is 30.7 Å². The number of carbonyl (C=O) groups is 1. The predicted molar refractivity (Wildman–Crippen MR) is 121 cm³/mol. The lowest BCUT2D eigenvalue weighted by Crippen LogP contribution is -2.11. The number of anilines is 1. The van der Waals surface area contributed by atoms with Crippen molar-refractivity contribution < 1.29 is 36.2 Å². The van der Waals surface area contributed by atoms with Gasteiger partial charge in [0.1, 0.15) is 17.2 Å².